The van der Waals surface area contributed by atoms with Crippen molar-refractivity contribution < 1.29 is 14.3 Å². The Labute approximate surface area is 186 Å². The Morgan fingerprint density at radius 3 is 2.87 bits per heavy atom. The zero-order valence-corrected chi connectivity index (χ0v) is 18.6. The number of aryl methyl sites for hydroxylation is 1. The Hall–Kier alpha value is -2.58. The minimum atomic E-state index is -0.281. The van der Waals surface area contributed by atoms with Gasteiger partial charge in [0.05, 0.1) is 42.2 Å². The predicted octanol–water partition coefficient (Wildman–Crippen LogP) is 2.96. The number of hydrogen-bond donors (Lipinski definition) is 0. The van der Waals surface area contributed by atoms with Crippen molar-refractivity contribution in [3.05, 3.63) is 58.3 Å². The SMILES string of the molecule is Cc1nc(CN2C[C@@H](OCc3ccccn3)CN(C(=O)[C@H]3CC=CCC3)CC2=O)cs1. The third kappa shape index (κ3) is 5.77. The molecule has 164 valence electrons. The lowest BCUT2D eigenvalue weighted by Crippen LogP contribution is -2.43. The summed E-state index contributed by atoms with van der Waals surface area (Å²) in [5.74, 6) is -0.0632. The summed E-state index contributed by atoms with van der Waals surface area (Å²) in [6.45, 7) is 3.65. The maximum atomic E-state index is 13.2. The van der Waals surface area contributed by atoms with E-state index < -0.39 is 0 Å². The maximum absolute atomic E-state index is 13.2. The van der Waals surface area contributed by atoms with Gasteiger partial charge < -0.3 is 14.5 Å². The van der Waals surface area contributed by atoms with Gasteiger partial charge in [-0.3, -0.25) is 14.6 Å². The number of amides is 2. The molecule has 2 amide bonds. The van der Waals surface area contributed by atoms with Crippen molar-refractivity contribution in [3.63, 3.8) is 0 Å². The van der Waals surface area contributed by atoms with Gasteiger partial charge in [0.2, 0.25) is 11.8 Å². The Balaban J connectivity index is 1.49. The molecular formula is C23H28N4O3S. The molecule has 7 nitrogen and oxygen atoms in total. The minimum absolute atomic E-state index is 0.0514. The van der Waals surface area contributed by atoms with Gasteiger partial charge in [-0.25, -0.2) is 4.98 Å². The quantitative estimate of drug-likeness (QED) is 0.646. The molecule has 8 heteroatoms. The lowest BCUT2D eigenvalue weighted by atomic mass is 9.93. The number of carbonyl (C=O) groups is 2. The van der Waals surface area contributed by atoms with E-state index in [0.717, 1.165) is 35.7 Å². The molecule has 31 heavy (non-hydrogen) atoms. The molecule has 0 unspecified atom stereocenters. The second kappa shape index (κ2) is 10.2. The summed E-state index contributed by atoms with van der Waals surface area (Å²) >= 11 is 1.57. The van der Waals surface area contributed by atoms with Crippen molar-refractivity contribution >= 4 is 23.2 Å². The Morgan fingerprint density at radius 1 is 1.26 bits per heavy atom. The van der Waals surface area contributed by atoms with Crippen molar-refractivity contribution in [1.82, 2.24) is 19.8 Å². The highest BCUT2D eigenvalue weighted by Gasteiger charge is 2.34. The van der Waals surface area contributed by atoms with Gasteiger partial charge in [-0.2, -0.15) is 0 Å². The summed E-state index contributed by atoms with van der Waals surface area (Å²) in [4.78, 5) is 38.5. The van der Waals surface area contributed by atoms with Crippen LogP contribution < -0.4 is 0 Å². The number of ether oxygens (including phenoxy) is 1. The molecule has 2 aromatic heterocycles. The molecule has 2 aliphatic rings. The van der Waals surface area contributed by atoms with Crippen LogP contribution in [0, 0.1) is 12.8 Å². The van der Waals surface area contributed by atoms with Crippen LogP contribution in [0.2, 0.25) is 0 Å². The number of rotatable bonds is 6. The smallest absolute Gasteiger partial charge is 0.242 e. The third-order valence-corrected chi connectivity index (χ3v) is 6.49. The van der Waals surface area contributed by atoms with E-state index in [0.29, 0.717) is 26.2 Å². The molecule has 1 fully saturated rings. The van der Waals surface area contributed by atoms with Gasteiger partial charge in [0.25, 0.3) is 0 Å². The number of aromatic nitrogens is 2. The molecule has 3 heterocycles. The van der Waals surface area contributed by atoms with Crippen LogP contribution in [0.25, 0.3) is 0 Å². The van der Waals surface area contributed by atoms with Gasteiger partial charge in [0, 0.05) is 30.6 Å². The number of carbonyl (C=O) groups excluding carboxylic acids is 2. The van der Waals surface area contributed by atoms with Crippen molar-refractivity contribution in [2.75, 3.05) is 19.6 Å². The second-order valence-electron chi connectivity index (χ2n) is 8.09. The van der Waals surface area contributed by atoms with Crippen molar-refractivity contribution in [2.24, 2.45) is 5.92 Å². The highest BCUT2D eigenvalue weighted by atomic mass is 32.1. The molecular weight excluding hydrogens is 412 g/mol. The molecule has 2 aromatic rings. The fourth-order valence-electron chi connectivity index (χ4n) is 4.04. The van der Waals surface area contributed by atoms with Crippen LogP contribution in [0.15, 0.2) is 41.9 Å². The summed E-state index contributed by atoms with van der Waals surface area (Å²) in [7, 11) is 0. The lowest BCUT2D eigenvalue weighted by molar-refractivity contribution is -0.141. The number of thiazole rings is 1. The zero-order valence-electron chi connectivity index (χ0n) is 17.8. The molecule has 1 aliphatic heterocycles. The fraction of sp³-hybridized carbons (Fsp3) is 0.478. The molecule has 0 bridgehead atoms. The first-order valence-electron chi connectivity index (χ1n) is 10.7. The molecule has 0 saturated carbocycles. The number of pyridine rings is 1. The van der Waals surface area contributed by atoms with Crippen LogP contribution in [0.3, 0.4) is 0 Å². The first-order valence-corrected chi connectivity index (χ1v) is 11.6. The molecule has 1 saturated heterocycles. The highest BCUT2D eigenvalue weighted by Crippen LogP contribution is 2.23. The minimum Gasteiger partial charge on any atom is -0.368 e. The monoisotopic (exact) mass is 440 g/mol. The van der Waals surface area contributed by atoms with Crippen LogP contribution in [0.1, 0.15) is 35.7 Å². The highest BCUT2D eigenvalue weighted by molar-refractivity contribution is 7.09. The maximum Gasteiger partial charge on any atom is 0.242 e. The Kier molecular flexibility index (Phi) is 7.09. The summed E-state index contributed by atoms with van der Waals surface area (Å²) in [6, 6.07) is 5.70. The predicted molar refractivity (Wildman–Crippen MR) is 118 cm³/mol. The van der Waals surface area contributed by atoms with Crippen molar-refractivity contribution in [1.29, 1.82) is 0 Å². The zero-order chi connectivity index (χ0) is 21.6. The largest absolute Gasteiger partial charge is 0.368 e. The molecule has 1 aliphatic carbocycles. The number of allylic oxidation sites excluding steroid dienone is 2. The normalized spacial score (nSPS) is 21.9. The average molecular weight is 441 g/mol. The third-order valence-electron chi connectivity index (χ3n) is 5.67. The molecule has 4 rings (SSSR count). The van der Waals surface area contributed by atoms with Crippen molar-refractivity contribution in [3.8, 4) is 0 Å². The van der Waals surface area contributed by atoms with Crippen LogP contribution in [0.5, 0.6) is 0 Å². The molecule has 2 atom stereocenters. The van der Waals surface area contributed by atoms with E-state index in [9.17, 15) is 9.59 Å². The van der Waals surface area contributed by atoms with Crippen LogP contribution in [0.4, 0.5) is 0 Å². The molecule has 0 N–H and O–H groups in total. The topological polar surface area (TPSA) is 75.6 Å². The average Bonchev–Trinajstić information content (AvgIpc) is 3.14. The lowest BCUT2D eigenvalue weighted by Gasteiger charge is -2.28. The van der Waals surface area contributed by atoms with Crippen LogP contribution >= 0.6 is 11.3 Å². The number of hydrogen-bond acceptors (Lipinski definition) is 6. The van der Waals surface area contributed by atoms with E-state index in [-0.39, 0.29) is 30.4 Å². The van der Waals surface area contributed by atoms with Gasteiger partial charge in [-0.05, 0) is 38.3 Å². The van der Waals surface area contributed by atoms with Gasteiger partial charge >= 0.3 is 0 Å². The van der Waals surface area contributed by atoms with E-state index in [1.165, 1.54) is 0 Å². The first-order chi connectivity index (χ1) is 15.1. The second-order valence-corrected chi connectivity index (χ2v) is 9.15. The van der Waals surface area contributed by atoms with Gasteiger partial charge in [-0.1, -0.05) is 18.2 Å². The number of nitrogens with zero attached hydrogens (tertiary/aromatic N) is 4. The first kappa shape index (κ1) is 21.6. The van der Waals surface area contributed by atoms with Gasteiger partial charge in [0.1, 0.15) is 0 Å². The van der Waals surface area contributed by atoms with Crippen LogP contribution in [-0.4, -0.2) is 57.3 Å². The Morgan fingerprint density at radius 2 is 2.16 bits per heavy atom. The van der Waals surface area contributed by atoms with Gasteiger partial charge in [0.15, 0.2) is 0 Å². The summed E-state index contributed by atoms with van der Waals surface area (Å²) in [5, 5.41) is 2.96. The van der Waals surface area contributed by atoms with E-state index in [2.05, 4.69) is 22.1 Å². The van der Waals surface area contributed by atoms with E-state index in [4.69, 9.17) is 4.74 Å². The Bertz CT molecular complexity index is 930. The molecule has 0 aromatic carbocycles. The standard InChI is InChI=1S/C23H28N4O3S/c1-17-25-20(16-31-17)11-26-12-21(30-15-19-9-5-6-10-24-19)13-27(14-22(26)28)23(29)18-7-3-2-4-8-18/h2-3,5-6,9-10,16,18,21H,4,7-8,11-15H2,1H3/t18-,21+/m0/s1. The van der Waals surface area contributed by atoms with Crippen molar-refractivity contribution in [2.45, 2.75) is 45.4 Å². The van der Waals surface area contributed by atoms with E-state index in [1.807, 2.05) is 30.5 Å². The summed E-state index contributed by atoms with van der Waals surface area (Å²) in [5.41, 5.74) is 1.70. The van der Waals surface area contributed by atoms with E-state index >= 15 is 0 Å². The summed E-state index contributed by atoms with van der Waals surface area (Å²) < 4.78 is 6.16. The molecule has 0 spiro atoms. The van der Waals surface area contributed by atoms with E-state index in [1.54, 1.807) is 27.3 Å². The fourth-order valence-corrected chi connectivity index (χ4v) is 4.65. The van der Waals surface area contributed by atoms with Crippen LogP contribution in [-0.2, 0) is 27.5 Å². The van der Waals surface area contributed by atoms with Gasteiger partial charge in [-0.15, -0.1) is 11.3 Å². The molecule has 0 radical (unpaired) electrons. The summed E-state index contributed by atoms with van der Waals surface area (Å²) in [6.07, 6.45) is 8.12.